The molecular weight excluding hydrogens is 456 g/mol. The van der Waals surface area contributed by atoms with Crippen LogP contribution in [0.3, 0.4) is 0 Å². The number of likely N-dealkylation sites (N-methyl/N-ethyl adjacent to an activating group) is 1. The van der Waals surface area contributed by atoms with Crippen LogP contribution in [0.1, 0.15) is 5.56 Å². The molecule has 0 radical (unpaired) electrons. The van der Waals surface area contributed by atoms with Crippen molar-refractivity contribution in [1.82, 2.24) is 4.90 Å². The first-order chi connectivity index (χ1) is 16.3. The van der Waals surface area contributed by atoms with E-state index in [-0.39, 0.29) is 22.2 Å². The number of rotatable bonds is 10. The van der Waals surface area contributed by atoms with Crippen molar-refractivity contribution in [3.63, 3.8) is 0 Å². The Morgan fingerprint density at radius 1 is 0.824 bits per heavy atom. The second-order valence-electron chi connectivity index (χ2n) is 7.46. The second-order valence-corrected chi connectivity index (χ2v) is 9.32. The first kappa shape index (κ1) is 24.9. The van der Waals surface area contributed by atoms with Gasteiger partial charge in [0.05, 0.1) is 31.9 Å². The third kappa shape index (κ3) is 5.60. The van der Waals surface area contributed by atoms with Gasteiger partial charge in [-0.1, -0.05) is 30.3 Å². The number of sulfonamides is 1. The van der Waals surface area contributed by atoms with Gasteiger partial charge in [0.15, 0.2) is 0 Å². The van der Waals surface area contributed by atoms with Gasteiger partial charge in [-0.3, -0.25) is 9.10 Å². The van der Waals surface area contributed by atoms with Crippen LogP contribution in [0.15, 0.2) is 77.7 Å². The molecule has 0 aliphatic heterocycles. The lowest BCUT2D eigenvalue weighted by atomic mass is 10.2. The summed E-state index contributed by atoms with van der Waals surface area (Å²) in [5.41, 5.74) is 1.12. The van der Waals surface area contributed by atoms with Gasteiger partial charge in [0, 0.05) is 19.7 Å². The topological polar surface area (TPSA) is 85.4 Å². The van der Waals surface area contributed by atoms with E-state index < -0.39 is 16.6 Å². The SMILES string of the molecule is COc1ccc(CN(C)C(=O)CN(c2ccc(OC)cc2OC)S(=O)(=O)c2ccccc2)cc1. The monoisotopic (exact) mass is 484 g/mol. The number of hydrogen-bond donors (Lipinski definition) is 0. The highest BCUT2D eigenvalue weighted by atomic mass is 32.2. The minimum absolute atomic E-state index is 0.0680. The maximum absolute atomic E-state index is 13.6. The van der Waals surface area contributed by atoms with E-state index in [1.165, 1.54) is 31.3 Å². The van der Waals surface area contributed by atoms with E-state index in [0.29, 0.717) is 18.0 Å². The van der Waals surface area contributed by atoms with Gasteiger partial charge < -0.3 is 19.1 Å². The van der Waals surface area contributed by atoms with Crippen molar-refractivity contribution in [1.29, 1.82) is 0 Å². The van der Waals surface area contributed by atoms with Crippen molar-refractivity contribution in [3.05, 3.63) is 78.4 Å². The van der Waals surface area contributed by atoms with E-state index in [0.717, 1.165) is 9.87 Å². The molecule has 34 heavy (non-hydrogen) atoms. The quantitative estimate of drug-likeness (QED) is 0.437. The van der Waals surface area contributed by atoms with E-state index >= 15 is 0 Å². The lowest BCUT2D eigenvalue weighted by Crippen LogP contribution is -2.41. The molecule has 1 amide bonds. The van der Waals surface area contributed by atoms with Crippen LogP contribution in [-0.2, 0) is 21.4 Å². The highest BCUT2D eigenvalue weighted by Gasteiger charge is 2.30. The molecule has 3 aromatic carbocycles. The number of hydrogen-bond acceptors (Lipinski definition) is 6. The zero-order valence-corrected chi connectivity index (χ0v) is 20.4. The summed E-state index contributed by atoms with van der Waals surface area (Å²) >= 11 is 0. The second kappa shape index (κ2) is 10.9. The normalized spacial score (nSPS) is 10.9. The number of amides is 1. The Labute approximate surface area is 200 Å². The van der Waals surface area contributed by atoms with Gasteiger partial charge in [-0.25, -0.2) is 8.42 Å². The Bertz CT molecular complexity index is 1210. The average molecular weight is 485 g/mol. The summed E-state index contributed by atoms with van der Waals surface area (Å²) in [5, 5.41) is 0. The fraction of sp³-hybridized carbons (Fsp3) is 0.240. The van der Waals surface area contributed by atoms with Crippen molar-refractivity contribution in [2.45, 2.75) is 11.4 Å². The fourth-order valence-electron chi connectivity index (χ4n) is 3.35. The number of ether oxygens (including phenoxy) is 3. The van der Waals surface area contributed by atoms with Gasteiger partial charge in [0.25, 0.3) is 10.0 Å². The van der Waals surface area contributed by atoms with Gasteiger partial charge in [0.2, 0.25) is 5.91 Å². The third-order valence-electron chi connectivity index (χ3n) is 5.27. The molecule has 0 saturated carbocycles. The van der Waals surface area contributed by atoms with Crippen LogP contribution in [0.4, 0.5) is 5.69 Å². The Hall–Kier alpha value is -3.72. The highest BCUT2D eigenvalue weighted by Crippen LogP contribution is 2.35. The van der Waals surface area contributed by atoms with E-state index in [1.807, 2.05) is 24.3 Å². The number of anilines is 1. The summed E-state index contributed by atoms with van der Waals surface area (Å²) < 4.78 is 44.1. The fourth-order valence-corrected chi connectivity index (χ4v) is 4.79. The van der Waals surface area contributed by atoms with Crippen molar-refractivity contribution in [3.8, 4) is 17.2 Å². The number of methoxy groups -OCH3 is 3. The maximum Gasteiger partial charge on any atom is 0.264 e. The molecule has 0 spiro atoms. The largest absolute Gasteiger partial charge is 0.497 e. The standard InChI is InChI=1S/C25H28N2O6S/c1-26(17-19-10-12-20(31-2)13-11-19)25(28)18-27(34(29,30)22-8-6-5-7-9-22)23-15-14-21(32-3)16-24(23)33-4/h5-16H,17-18H2,1-4H3. The summed E-state index contributed by atoms with van der Waals surface area (Å²) in [6.45, 7) is -0.103. The van der Waals surface area contributed by atoms with Crippen LogP contribution in [0, 0.1) is 0 Å². The van der Waals surface area contributed by atoms with Gasteiger partial charge in [0.1, 0.15) is 23.8 Å². The number of carbonyl (C=O) groups excluding carboxylic acids is 1. The van der Waals surface area contributed by atoms with Crippen molar-refractivity contribution >= 4 is 21.6 Å². The molecule has 0 unspecified atom stereocenters. The predicted octanol–water partition coefficient (Wildman–Crippen LogP) is 3.57. The summed E-state index contributed by atoms with van der Waals surface area (Å²) in [5.74, 6) is 1.10. The zero-order chi connectivity index (χ0) is 24.7. The molecule has 0 aromatic heterocycles. The molecule has 0 aliphatic carbocycles. The summed E-state index contributed by atoms with van der Waals surface area (Å²) in [7, 11) is 2.08. The summed E-state index contributed by atoms with van der Waals surface area (Å²) in [6.07, 6.45) is 0. The van der Waals surface area contributed by atoms with Gasteiger partial charge in [-0.2, -0.15) is 0 Å². The number of nitrogens with zero attached hydrogens (tertiary/aromatic N) is 2. The van der Waals surface area contributed by atoms with Crippen LogP contribution in [-0.4, -0.2) is 54.1 Å². The molecule has 0 bridgehead atoms. The predicted molar refractivity (Wildman–Crippen MR) is 130 cm³/mol. The van der Waals surface area contributed by atoms with E-state index in [1.54, 1.807) is 50.6 Å². The highest BCUT2D eigenvalue weighted by molar-refractivity contribution is 7.92. The molecule has 9 heteroatoms. The van der Waals surface area contributed by atoms with Crippen molar-refractivity contribution in [2.24, 2.45) is 0 Å². The maximum atomic E-state index is 13.6. The molecule has 0 heterocycles. The Kier molecular flexibility index (Phi) is 8.01. The Balaban J connectivity index is 1.94. The van der Waals surface area contributed by atoms with Crippen molar-refractivity contribution < 1.29 is 27.4 Å². The molecule has 0 aliphatic rings. The van der Waals surface area contributed by atoms with E-state index in [2.05, 4.69) is 0 Å². The molecule has 0 fully saturated rings. The molecule has 0 N–H and O–H groups in total. The van der Waals surface area contributed by atoms with Crippen LogP contribution in [0.25, 0.3) is 0 Å². The molecule has 0 saturated heterocycles. The molecular formula is C25H28N2O6S. The molecule has 180 valence electrons. The lowest BCUT2D eigenvalue weighted by Gasteiger charge is -2.28. The smallest absolute Gasteiger partial charge is 0.264 e. The molecule has 3 aromatic rings. The Morgan fingerprint density at radius 2 is 1.44 bits per heavy atom. The van der Waals surface area contributed by atoms with Crippen LogP contribution in [0.5, 0.6) is 17.2 Å². The van der Waals surface area contributed by atoms with Crippen LogP contribution in [0.2, 0.25) is 0 Å². The first-order valence-corrected chi connectivity index (χ1v) is 11.9. The minimum Gasteiger partial charge on any atom is -0.497 e. The zero-order valence-electron chi connectivity index (χ0n) is 19.6. The minimum atomic E-state index is -4.07. The average Bonchev–Trinajstić information content (AvgIpc) is 2.87. The number of carbonyl (C=O) groups is 1. The van der Waals surface area contributed by atoms with Gasteiger partial charge >= 0.3 is 0 Å². The Morgan fingerprint density at radius 3 is 2.03 bits per heavy atom. The van der Waals surface area contributed by atoms with E-state index in [9.17, 15) is 13.2 Å². The summed E-state index contributed by atoms with van der Waals surface area (Å²) in [6, 6.07) is 20.1. The summed E-state index contributed by atoms with van der Waals surface area (Å²) in [4.78, 5) is 14.7. The molecule has 8 nitrogen and oxygen atoms in total. The van der Waals surface area contributed by atoms with Crippen LogP contribution >= 0.6 is 0 Å². The van der Waals surface area contributed by atoms with Gasteiger partial charge in [-0.15, -0.1) is 0 Å². The van der Waals surface area contributed by atoms with Gasteiger partial charge in [-0.05, 0) is 42.0 Å². The van der Waals surface area contributed by atoms with Crippen molar-refractivity contribution in [2.75, 3.05) is 39.2 Å². The molecule has 3 rings (SSSR count). The molecule has 0 atom stereocenters. The van der Waals surface area contributed by atoms with E-state index in [4.69, 9.17) is 14.2 Å². The van der Waals surface area contributed by atoms with Crippen LogP contribution < -0.4 is 18.5 Å². The lowest BCUT2D eigenvalue weighted by molar-refractivity contribution is -0.128. The number of benzene rings is 3. The third-order valence-corrected chi connectivity index (χ3v) is 7.04. The first-order valence-electron chi connectivity index (χ1n) is 10.5.